The molecule has 2 aromatic carbocycles. The second-order valence-corrected chi connectivity index (χ2v) is 14.3. The van der Waals surface area contributed by atoms with E-state index in [1.807, 2.05) is 31.3 Å². The number of likely N-dealkylation sites (N-methyl/N-ethyl adjacent to an activating group) is 1. The van der Waals surface area contributed by atoms with Crippen molar-refractivity contribution in [3.05, 3.63) is 82.0 Å². The molecule has 5 aliphatic carbocycles. The van der Waals surface area contributed by atoms with E-state index in [1.165, 1.54) is 17.7 Å². The van der Waals surface area contributed by atoms with E-state index in [0.29, 0.717) is 29.0 Å². The monoisotopic (exact) mass is 611 g/mol. The lowest BCUT2D eigenvalue weighted by Crippen LogP contribution is -2.74. The lowest BCUT2D eigenvalue weighted by atomic mass is 9.47. The number of nitrogens with zero attached hydrogens (tertiary/aromatic N) is 1. The van der Waals surface area contributed by atoms with Gasteiger partial charge in [-0.3, -0.25) is 14.5 Å². The fraction of sp³-hybridized carbons (Fsp3) is 0.500. The van der Waals surface area contributed by atoms with Gasteiger partial charge in [0.1, 0.15) is 22.7 Å². The van der Waals surface area contributed by atoms with Crippen molar-refractivity contribution in [3.63, 3.8) is 0 Å². The Labute approximate surface area is 260 Å². The van der Waals surface area contributed by atoms with Crippen LogP contribution in [0.25, 0.3) is 0 Å². The molecule has 2 spiro atoms. The van der Waals surface area contributed by atoms with Crippen LogP contribution in [0.4, 0.5) is 0 Å². The molecule has 3 heterocycles. The van der Waals surface area contributed by atoms with Gasteiger partial charge in [0.05, 0.1) is 24.0 Å². The van der Waals surface area contributed by atoms with Crippen LogP contribution in [0, 0.1) is 5.92 Å². The first-order chi connectivity index (χ1) is 21.6. The van der Waals surface area contributed by atoms with Crippen LogP contribution in [-0.4, -0.2) is 79.9 Å². The summed E-state index contributed by atoms with van der Waals surface area (Å²) >= 11 is 0. The van der Waals surface area contributed by atoms with Gasteiger partial charge < -0.3 is 29.9 Å². The average Bonchev–Trinajstić information content (AvgIpc) is 3.57. The Hall–Kier alpha value is -3.34. The van der Waals surface area contributed by atoms with Crippen LogP contribution in [0.2, 0.25) is 0 Å². The normalized spacial score (nSPS) is 40.2. The highest BCUT2D eigenvalue weighted by molar-refractivity contribution is 5.99. The number of likely N-dealkylation sites (tertiary alicyclic amines) is 1. The van der Waals surface area contributed by atoms with Crippen molar-refractivity contribution in [1.29, 1.82) is 0 Å². The number of ketones is 2. The molecule has 0 amide bonds. The van der Waals surface area contributed by atoms with Crippen molar-refractivity contribution in [2.75, 3.05) is 13.6 Å². The van der Waals surface area contributed by atoms with Gasteiger partial charge in [0.15, 0.2) is 23.8 Å². The fourth-order valence-corrected chi connectivity index (χ4v) is 10.7. The minimum Gasteiger partial charge on any atom is -0.481 e. The van der Waals surface area contributed by atoms with Crippen LogP contribution in [0.5, 0.6) is 11.5 Å². The molecule has 2 fully saturated rings. The van der Waals surface area contributed by atoms with E-state index in [-0.39, 0.29) is 36.7 Å². The van der Waals surface area contributed by atoms with E-state index in [0.717, 1.165) is 55.3 Å². The molecule has 9 heteroatoms. The van der Waals surface area contributed by atoms with Gasteiger partial charge in [0, 0.05) is 28.3 Å². The highest BCUT2D eigenvalue weighted by Gasteiger charge is 2.72. The van der Waals surface area contributed by atoms with Crippen molar-refractivity contribution in [3.8, 4) is 11.5 Å². The quantitative estimate of drug-likeness (QED) is 0.400. The minimum absolute atomic E-state index is 0.0647. The molecule has 3 aliphatic heterocycles. The Morgan fingerprint density at radius 1 is 0.800 bits per heavy atom. The van der Waals surface area contributed by atoms with Gasteiger partial charge in [-0.1, -0.05) is 30.7 Å². The van der Waals surface area contributed by atoms with E-state index >= 15 is 0 Å². The molecule has 1 saturated heterocycles. The molecule has 8 aliphatic rings. The molecule has 1 saturated carbocycles. The number of benzene rings is 2. The summed E-state index contributed by atoms with van der Waals surface area (Å²) in [6, 6.07) is 7.76. The largest absolute Gasteiger partial charge is 0.481 e. The van der Waals surface area contributed by atoms with Gasteiger partial charge in [0.25, 0.3) is 0 Å². The second-order valence-electron chi connectivity index (χ2n) is 14.3. The third-order valence-corrected chi connectivity index (χ3v) is 12.7. The summed E-state index contributed by atoms with van der Waals surface area (Å²) in [7, 11) is 2.03. The number of piperidine rings is 1. The number of aliphatic hydroxyl groups is 4. The van der Waals surface area contributed by atoms with Crippen molar-refractivity contribution in [2.24, 2.45) is 5.92 Å². The fourth-order valence-electron chi connectivity index (χ4n) is 10.7. The highest BCUT2D eigenvalue weighted by atomic mass is 16.5. The average molecular weight is 612 g/mol. The third-order valence-electron chi connectivity index (χ3n) is 12.7. The predicted octanol–water partition coefficient (Wildman–Crippen LogP) is 1.71. The number of hydrogen-bond donors (Lipinski definition) is 4. The Bertz CT molecular complexity index is 1770. The lowest BCUT2D eigenvalue weighted by molar-refractivity contribution is -0.151. The minimum atomic E-state index is -1.11. The standard InChI is InChI=1S/C18H19NO4.C18H18O4/c1-19-7-6-17-14-10-2-3-11(9-20)15(14)23-16(17)12(21)4-5-18(17,22)13(19)8-10;19-9-11-4-3-10-8-12-2-1-6-17-14(10)15(11)22-16(17)13(20)5-7-18(12,17)21/h2-5,13,16,20,22H,6-9H2,1H3;3-5,7,12,16,19,21H,1-2,6,8-9H2/t13-,16?,17+,18-;12?,16?,17-,18+/m10/s1. The van der Waals surface area contributed by atoms with E-state index < -0.39 is 34.2 Å². The van der Waals surface area contributed by atoms with Gasteiger partial charge in [-0.25, -0.2) is 0 Å². The van der Waals surface area contributed by atoms with E-state index in [1.54, 1.807) is 12.2 Å². The predicted molar refractivity (Wildman–Crippen MR) is 161 cm³/mol. The number of carbonyl (C=O) groups is 2. The molecular weight excluding hydrogens is 574 g/mol. The van der Waals surface area contributed by atoms with Crippen LogP contribution in [0.1, 0.15) is 59.1 Å². The summed E-state index contributed by atoms with van der Waals surface area (Å²) in [5.41, 5.74) is 2.16. The van der Waals surface area contributed by atoms with Crippen LogP contribution >= 0.6 is 0 Å². The molecule has 2 aromatic rings. The van der Waals surface area contributed by atoms with Crippen LogP contribution in [-0.2, 0) is 46.5 Å². The molecule has 8 atom stereocenters. The molecule has 10 rings (SSSR count). The zero-order valence-electron chi connectivity index (χ0n) is 25.2. The molecule has 4 bridgehead atoms. The first-order valence-corrected chi connectivity index (χ1v) is 16.1. The molecule has 3 unspecified atom stereocenters. The topological polar surface area (TPSA) is 137 Å². The molecule has 0 radical (unpaired) electrons. The number of aliphatic hydroxyl groups excluding tert-OH is 2. The molecule has 9 nitrogen and oxygen atoms in total. The number of rotatable bonds is 2. The van der Waals surface area contributed by atoms with E-state index in [4.69, 9.17) is 9.47 Å². The molecule has 4 N–H and O–H groups in total. The molecule has 0 aromatic heterocycles. The van der Waals surface area contributed by atoms with Crippen LogP contribution in [0.3, 0.4) is 0 Å². The van der Waals surface area contributed by atoms with Gasteiger partial charge >= 0.3 is 0 Å². The summed E-state index contributed by atoms with van der Waals surface area (Å²) in [6.45, 7) is 0.569. The summed E-state index contributed by atoms with van der Waals surface area (Å²) in [4.78, 5) is 27.2. The summed E-state index contributed by atoms with van der Waals surface area (Å²) in [5, 5.41) is 42.4. The van der Waals surface area contributed by atoms with Gasteiger partial charge in [0.2, 0.25) is 0 Å². The van der Waals surface area contributed by atoms with E-state index in [2.05, 4.69) is 4.90 Å². The third kappa shape index (κ3) is 3.03. The maximum absolute atomic E-state index is 12.5. The number of ether oxygens (including phenoxy) is 2. The SMILES string of the molecule is CN1CC[C@]23c4c5ccc(CO)c4OC2C(=O)C=C[C@@]3(O)[C@H]1C5.O=C1C=C[C@@]2(O)C3CCC[C@@]24c2c(ccc(CO)c2OC14)C3. The maximum Gasteiger partial charge on any atom is 0.196 e. The Balaban J connectivity index is 0.000000125. The van der Waals surface area contributed by atoms with Crippen molar-refractivity contribution in [2.45, 2.75) is 92.0 Å². The smallest absolute Gasteiger partial charge is 0.196 e. The number of carbonyl (C=O) groups excluding carboxylic acids is 2. The first-order valence-electron chi connectivity index (χ1n) is 16.1. The zero-order valence-corrected chi connectivity index (χ0v) is 25.2. The Morgan fingerprint density at radius 2 is 1.36 bits per heavy atom. The Kier molecular flexibility index (Phi) is 5.54. The summed E-state index contributed by atoms with van der Waals surface area (Å²) in [5.74, 6) is 1.23. The second kappa shape index (κ2) is 8.92. The zero-order chi connectivity index (χ0) is 31.1. The molecular formula is C36H37NO8. The van der Waals surface area contributed by atoms with Gasteiger partial charge in [-0.05, 0) is 87.0 Å². The Morgan fingerprint density at radius 3 is 1.96 bits per heavy atom. The van der Waals surface area contributed by atoms with Crippen molar-refractivity contribution in [1.82, 2.24) is 4.90 Å². The van der Waals surface area contributed by atoms with Crippen molar-refractivity contribution < 1.29 is 39.5 Å². The van der Waals surface area contributed by atoms with Crippen LogP contribution < -0.4 is 9.47 Å². The summed E-state index contributed by atoms with van der Waals surface area (Å²) < 4.78 is 12.1. The molecule has 234 valence electrons. The first kappa shape index (κ1) is 27.9. The number of hydrogen-bond acceptors (Lipinski definition) is 9. The summed E-state index contributed by atoms with van der Waals surface area (Å²) in [6.07, 6.45) is 9.99. The van der Waals surface area contributed by atoms with Gasteiger partial charge in [-0.2, -0.15) is 0 Å². The highest BCUT2D eigenvalue weighted by Crippen LogP contribution is 2.65. The van der Waals surface area contributed by atoms with Crippen molar-refractivity contribution >= 4 is 11.6 Å². The van der Waals surface area contributed by atoms with Crippen LogP contribution in [0.15, 0.2) is 48.6 Å². The van der Waals surface area contributed by atoms with E-state index in [9.17, 15) is 30.0 Å². The maximum atomic E-state index is 12.5. The van der Waals surface area contributed by atoms with Gasteiger partial charge in [-0.15, -0.1) is 0 Å². The molecule has 45 heavy (non-hydrogen) atoms. The lowest BCUT2D eigenvalue weighted by Gasteiger charge is -2.60.